The molecule has 3 heterocycles. The Bertz CT molecular complexity index is 727. The molecule has 2 aromatic heterocycles. The third-order valence-corrected chi connectivity index (χ3v) is 5.05. The molecule has 26 heavy (non-hydrogen) atoms. The van der Waals surface area contributed by atoms with Crippen molar-refractivity contribution >= 4 is 5.91 Å². The van der Waals surface area contributed by atoms with Crippen molar-refractivity contribution < 1.29 is 4.79 Å². The first kappa shape index (κ1) is 18.6. The quantitative estimate of drug-likeness (QED) is 0.798. The minimum Gasteiger partial charge on any atom is -0.342 e. The molecule has 1 fully saturated rings. The van der Waals surface area contributed by atoms with Crippen LogP contribution in [0.2, 0.25) is 0 Å². The van der Waals surface area contributed by atoms with Crippen molar-refractivity contribution in [1.29, 1.82) is 0 Å². The number of carbonyl (C=O) groups is 1. The molecule has 0 aromatic carbocycles. The summed E-state index contributed by atoms with van der Waals surface area (Å²) in [6.07, 6.45) is 8.43. The number of likely N-dealkylation sites (tertiary alicyclic amines) is 1. The highest BCUT2D eigenvalue weighted by Gasteiger charge is 2.27. The summed E-state index contributed by atoms with van der Waals surface area (Å²) in [5.41, 5.74) is 2.22. The minimum atomic E-state index is 0.249. The molecule has 0 radical (unpaired) electrons. The van der Waals surface area contributed by atoms with E-state index in [1.54, 1.807) is 6.20 Å². The standard InChI is InChI=1S/C20H29N5O/c1-16-13-24(3)20(22-16)18-7-5-10-25(15-18)19(26)8-11-23(2)14-17-6-4-9-21-12-17/h4,6,9,12-13,18H,5,7-8,10-11,14-15H2,1-3H3. The number of imidazole rings is 1. The Balaban J connectivity index is 1.50. The molecule has 0 bridgehead atoms. The number of pyridine rings is 1. The number of hydrogen-bond acceptors (Lipinski definition) is 4. The maximum absolute atomic E-state index is 12.7. The second-order valence-electron chi connectivity index (χ2n) is 7.38. The number of rotatable bonds is 6. The molecule has 0 spiro atoms. The Labute approximate surface area is 155 Å². The summed E-state index contributed by atoms with van der Waals surface area (Å²) >= 11 is 0. The van der Waals surface area contributed by atoms with Gasteiger partial charge in [0, 0.05) is 64.2 Å². The van der Waals surface area contributed by atoms with E-state index < -0.39 is 0 Å². The number of carbonyl (C=O) groups excluding carboxylic acids is 1. The van der Waals surface area contributed by atoms with Crippen molar-refractivity contribution in [1.82, 2.24) is 24.3 Å². The predicted octanol–water partition coefficient (Wildman–Crippen LogP) is 2.35. The van der Waals surface area contributed by atoms with Crippen molar-refractivity contribution in [3.63, 3.8) is 0 Å². The van der Waals surface area contributed by atoms with E-state index >= 15 is 0 Å². The highest BCUT2D eigenvalue weighted by Crippen LogP contribution is 2.26. The Hall–Kier alpha value is -2.21. The molecular weight excluding hydrogens is 326 g/mol. The molecule has 1 atom stereocenters. The second-order valence-corrected chi connectivity index (χ2v) is 7.38. The Morgan fingerprint density at radius 1 is 1.42 bits per heavy atom. The van der Waals surface area contributed by atoms with Gasteiger partial charge in [-0.3, -0.25) is 9.78 Å². The lowest BCUT2D eigenvalue weighted by atomic mass is 9.97. The van der Waals surface area contributed by atoms with Gasteiger partial charge in [0.25, 0.3) is 0 Å². The van der Waals surface area contributed by atoms with Crippen LogP contribution >= 0.6 is 0 Å². The van der Waals surface area contributed by atoms with Crippen molar-refractivity contribution in [2.45, 2.75) is 38.6 Å². The van der Waals surface area contributed by atoms with E-state index in [2.05, 4.69) is 38.7 Å². The van der Waals surface area contributed by atoms with E-state index in [-0.39, 0.29) is 5.91 Å². The monoisotopic (exact) mass is 355 g/mol. The molecule has 1 aliphatic rings. The van der Waals surface area contributed by atoms with Gasteiger partial charge < -0.3 is 14.4 Å². The zero-order chi connectivity index (χ0) is 18.5. The zero-order valence-electron chi connectivity index (χ0n) is 16.1. The van der Waals surface area contributed by atoms with Crippen molar-refractivity contribution in [3.05, 3.63) is 47.8 Å². The molecular formula is C20H29N5O. The Morgan fingerprint density at radius 2 is 2.27 bits per heavy atom. The van der Waals surface area contributed by atoms with Crippen LogP contribution in [-0.4, -0.2) is 56.9 Å². The van der Waals surface area contributed by atoms with Gasteiger partial charge in [-0.25, -0.2) is 4.98 Å². The van der Waals surface area contributed by atoms with Crippen LogP contribution in [0.1, 0.15) is 42.3 Å². The third kappa shape index (κ3) is 4.69. The lowest BCUT2D eigenvalue weighted by molar-refractivity contribution is -0.132. The van der Waals surface area contributed by atoms with Gasteiger partial charge in [0.1, 0.15) is 5.82 Å². The van der Waals surface area contributed by atoms with Gasteiger partial charge in [0.15, 0.2) is 0 Å². The fourth-order valence-corrected chi connectivity index (χ4v) is 3.76. The van der Waals surface area contributed by atoms with Gasteiger partial charge >= 0.3 is 0 Å². The lowest BCUT2D eigenvalue weighted by Gasteiger charge is -2.33. The Kier molecular flexibility index (Phi) is 6.04. The lowest BCUT2D eigenvalue weighted by Crippen LogP contribution is -2.40. The SMILES string of the molecule is Cc1cn(C)c(C2CCCN(C(=O)CCN(C)Cc3cccnc3)C2)n1. The third-order valence-electron chi connectivity index (χ3n) is 5.05. The highest BCUT2D eigenvalue weighted by atomic mass is 16.2. The van der Waals surface area contributed by atoms with Crippen LogP contribution in [-0.2, 0) is 18.4 Å². The van der Waals surface area contributed by atoms with Gasteiger partial charge in [-0.15, -0.1) is 0 Å². The average molecular weight is 355 g/mol. The van der Waals surface area contributed by atoms with Crippen molar-refractivity contribution in [2.75, 3.05) is 26.7 Å². The molecule has 1 aliphatic heterocycles. The summed E-state index contributed by atoms with van der Waals surface area (Å²) in [4.78, 5) is 25.7. The first-order chi connectivity index (χ1) is 12.5. The topological polar surface area (TPSA) is 54.3 Å². The van der Waals surface area contributed by atoms with Gasteiger partial charge in [-0.1, -0.05) is 6.07 Å². The zero-order valence-corrected chi connectivity index (χ0v) is 16.1. The first-order valence-electron chi connectivity index (χ1n) is 9.38. The Morgan fingerprint density at radius 3 is 2.96 bits per heavy atom. The highest BCUT2D eigenvalue weighted by molar-refractivity contribution is 5.76. The molecule has 6 nitrogen and oxygen atoms in total. The van der Waals surface area contributed by atoms with Crippen LogP contribution in [0, 0.1) is 6.92 Å². The number of aryl methyl sites for hydroxylation is 2. The van der Waals surface area contributed by atoms with Crippen molar-refractivity contribution in [2.24, 2.45) is 7.05 Å². The molecule has 3 rings (SSSR count). The second kappa shape index (κ2) is 8.45. The number of nitrogens with zero attached hydrogens (tertiary/aromatic N) is 5. The van der Waals surface area contributed by atoms with Crippen LogP contribution in [0.4, 0.5) is 0 Å². The molecule has 1 amide bonds. The van der Waals surface area contributed by atoms with Crippen LogP contribution < -0.4 is 0 Å². The predicted molar refractivity (Wildman–Crippen MR) is 102 cm³/mol. The summed E-state index contributed by atoms with van der Waals surface area (Å²) < 4.78 is 2.11. The summed E-state index contributed by atoms with van der Waals surface area (Å²) in [6, 6.07) is 4.01. The number of hydrogen-bond donors (Lipinski definition) is 0. The first-order valence-corrected chi connectivity index (χ1v) is 9.38. The maximum atomic E-state index is 12.7. The van der Waals surface area contributed by atoms with E-state index in [4.69, 9.17) is 0 Å². The summed E-state index contributed by atoms with van der Waals surface area (Å²) in [5.74, 6) is 1.70. The molecule has 0 aliphatic carbocycles. The van der Waals surface area contributed by atoms with E-state index in [0.29, 0.717) is 12.3 Å². The fraction of sp³-hybridized carbons (Fsp3) is 0.550. The van der Waals surface area contributed by atoms with E-state index in [1.807, 2.05) is 31.1 Å². The maximum Gasteiger partial charge on any atom is 0.223 e. The largest absolute Gasteiger partial charge is 0.342 e. The molecule has 1 saturated heterocycles. The number of aromatic nitrogens is 3. The molecule has 0 N–H and O–H groups in total. The molecule has 1 unspecified atom stereocenters. The molecule has 140 valence electrons. The molecule has 0 saturated carbocycles. The summed E-state index contributed by atoms with van der Waals surface area (Å²) in [6.45, 7) is 5.25. The van der Waals surface area contributed by atoms with E-state index in [1.165, 1.54) is 5.56 Å². The van der Waals surface area contributed by atoms with E-state index in [9.17, 15) is 4.79 Å². The van der Waals surface area contributed by atoms with Gasteiger partial charge in [0.05, 0.1) is 5.69 Å². The minimum absolute atomic E-state index is 0.249. The molecule has 2 aromatic rings. The fourth-order valence-electron chi connectivity index (χ4n) is 3.76. The average Bonchev–Trinajstić information content (AvgIpc) is 2.99. The van der Waals surface area contributed by atoms with Crippen LogP contribution in [0.3, 0.4) is 0 Å². The molecule has 6 heteroatoms. The summed E-state index contributed by atoms with van der Waals surface area (Å²) in [5, 5.41) is 0. The van der Waals surface area contributed by atoms with Gasteiger partial charge in [-0.2, -0.15) is 0 Å². The normalized spacial score (nSPS) is 17.7. The van der Waals surface area contributed by atoms with E-state index in [0.717, 1.165) is 50.5 Å². The van der Waals surface area contributed by atoms with Gasteiger partial charge in [-0.05, 0) is 38.4 Å². The van der Waals surface area contributed by atoms with Crippen LogP contribution in [0.15, 0.2) is 30.7 Å². The smallest absolute Gasteiger partial charge is 0.223 e. The number of amides is 1. The van der Waals surface area contributed by atoms with Crippen molar-refractivity contribution in [3.8, 4) is 0 Å². The number of piperidine rings is 1. The van der Waals surface area contributed by atoms with Crippen LogP contribution in [0.5, 0.6) is 0 Å². The van der Waals surface area contributed by atoms with Crippen LogP contribution in [0.25, 0.3) is 0 Å². The summed E-state index contributed by atoms with van der Waals surface area (Å²) in [7, 11) is 4.10. The van der Waals surface area contributed by atoms with Gasteiger partial charge in [0.2, 0.25) is 5.91 Å².